The molecule has 0 saturated carbocycles. The van der Waals surface area contributed by atoms with Gasteiger partial charge in [0.2, 0.25) is 0 Å². The molecular weight excluding hydrogens is 150 g/mol. The lowest BCUT2D eigenvalue weighted by molar-refractivity contribution is -0.663. The first-order valence-electron chi connectivity index (χ1n) is 4.55. The topological polar surface area (TPSA) is 42.4 Å². The third-order valence-electron chi connectivity index (χ3n) is 2.39. The van der Waals surface area contributed by atoms with Gasteiger partial charge in [0, 0.05) is 31.2 Å². The molecule has 12 heavy (non-hydrogen) atoms. The maximum atomic E-state index is 4.28. The Balaban J connectivity index is 2.08. The molecule has 1 fully saturated rings. The molecule has 0 amide bonds. The van der Waals surface area contributed by atoms with Gasteiger partial charge in [-0.15, -0.1) is 0 Å². The van der Waals surface area contributed by atoms with Crippen LogP contribution in [0.15, 0.2) is 18.5 Å². The van der Waals surface area contributed by atoms with Crippen LogP contribution in [0.5, 0.6) is 0 Å². The number of nitrogens with zero attached hydrogens (tertiary/aromatic N) is 2. The Hall–Kier alpha value is -0.960. The van der Waals surface area contributed by atoms with Crippen molar-refractivity contribution in [2.45, 2.75) is 18.8 Å². The van der Waals surface area contributed by atoms with Gasteiger partial charge in [-0.1, -0.05) is 0 Å². The molecule has 0 aromatic carbocycles. The molecule has 3 heteroatoms. The van der Waals surface area contributed by atoms with Gasteiger partial charge in [-0.25, -0.2) is 9.97 Å². The summed E-state index contributed by atoms with van der Waals surface area (Å²) in [4.78, 5) is 8.55. The molecule has 1 saturated heterocycles. The summed E-state index contributed by atoms with van der Waals surface area (Å²) < 4.78 is 0. The third kappa shape index (κ3) is 1.61. The van der Waals surface area contributed by atoms with Gasteiger partial charge in [-0.2, -0.15) is 0 Å². The SMILES string of the molecule is c1cnc(C2CC[NH2+]CC2)nc1. The summed E-state index contributed by atoms with van der Waals surface area (Å²) in [5.74, 6) is 1.64. The Morgan fingerprint density at radius 2 is 1.83 bits per heavy atom. The number of quaternary nitrogens is 1. The summed E-state index contributed by atoms with van der Waals surface area (Å²) in [7, 11) is 0. The van der Waals surface area contributed by atoms with Crippen LogP contribution in [0.4, 0.5) is 0 Å². The fraction of sp³-hybridized carbons (Fsp3) is 0.556. The van der Waals surface area contributed by atoms with Crippen molar-refractivity contribution < 1.29 is 5.32 Å². The highest BCUT2D eigenvalue weighted by molar-refractivity contribution is 4.97. The lowest BCUT2D eigenvalue weighted by atomic mass is 9.97. The van der Waals surface area contributed by atoms with Gasteiger partial charge in [0.1, 0.15) is 5.82 Å². The Morgan fingerprint density at radius 3 is 2.50 bits per heavy atom. The first-order valence-corrected chi connectivity index (χ1v) is 4.55. The number of hydrogen-bond acceptors (Lipinski definition) is 2. The summed E-state index contributed by atoms with van der Waals surface area (Å²) in [6.07, 6.45) is 6.12. The Bertz CT molecular complexity index is 229. The molecule has 0 radical (unpaired) electrons. The van der Waals surface area contributed by atoms with E-state index in [9.17, 15) is 0 Å². The largest absolute Gasteiger partial charge is 0.346 e. The van der Waals surface area contributed by atoms with E-state index in [4.69, 9.17) is 0 Å². The predicted octanol–water partition coefficient (Wildman–Crippen LogP) is -0.0826. The van der Waals surface area contributed by atoms with Crippen molar-refractivity contribution in [3.63, 3.8) is 0 Å². The lowest BCUT2D eigenvalue weighted by Gasteiger charge is -2.18. The van der Waals surface area contributed by atoms with Gasteiger partial charge in [-0.3, -0.25) is 0 Å². The summed E-state index contributed by atoms with van der Waals surface area (Å²) in [5, 5.41) is 2.36. The van der Waals surface area contributed by atoms with E-state index in [-0.39, 0.29) is 0 Å². The first kappa shape index (κ1) is 7.68. The van der Waals surface area contributed by atoms with Gasteiger partial charge in [-0.05, 0) is 6.07 Å². The van der Waals surface area contributed by atoms with Crippen molar-refractivity contribution in [2.24, 2.45) is 0 Å². The second-order valence-corrected chi connectivity index (χ2v) is 3.25. The maximum Gasteiger partial charge on any atom is 0.131 e. The van der Waals surface area contributed by atoms with Crippen molar-refractivity contribution in [3.8, 4) is 0 Å². The van der Waals surface area contributed by atoms with Crippen molar-refractivity contribution >= 4 is 0 Å². The number of nitrogens with two attached hydrogens (primary N) is 1. The minimum Gasteiger partial charge on any atom is -0.346 e. The summed E-state index contributed by atoms with van der Waals surface area (Å²) in [6.45, 7) is 2.45. The summed E-state index contributed by atoms with van der Waals surface area (Å²) in [5.41, 5.74) is 0. The lowest BCUT2D eigenvalue weighted by Crippen LogP contribution is -2.86. The van der Waals surface area contributed by atoms with Crippen LogP contribution in [-0.4, -0.2) is 23.1 Å². The van der Waals surface area contributed by atoms with E-state index in [1.807, 2.05) is 18.5 Å². The molecule has 3 nitrogen and oxygen atoms in total. The molecule has 1 aromatic heterocycles. The molecule has 0 atom stereocenters. The van der Waals surface area contributed by atoms with Crippen LogP contribution in [-0.2, 0) is 0 Å². The molecule has 2 N–H and O–H groups in total. The van der Waals surface area contributed by atoms with Crippen molar-refractivity contribution in [1.82, 2.24) is 9.97 Å². The zero-order valence-electron chi connectivity index (χ0n) is 7.11. The van der Waals surface area contributed by atoms with Crippen LogP contribution in [0, 0.1) is 0 Å². The number of hydrogen-bond donors (Lipinski definition) is 1. The smallest absolute Gasteiger partial charge is 0.131 e. The summed E-state index contributed by atoms with van der Waals surface area (Å²) in [6, 6.07) is 1.87. The second kappa shape index (κ2) is 3.63. The highest BCUT2D eigenvalue weighted by Crippen LogP contribution is 2.18. The molecule has 1 aliphatic rings. The molecule has 2 rings (SSSR count). The molecule has 1 aliphatic heterocycles. The molecule has 0 spiro atoms. The molecule has 64 valence electrons. The average molecular weight is 164 g/mol. The standard InChI is InChI=1S/C9H13N3/c1-4-11-9(12-5-1)8-2-6-10-7-3-8/h1,4-5,8,10H,2-3,6-7H2/p+1. The summed E-state index contributed by atoms with van der Waals surface area (Å²) >= 11 is 0. The van der Waals surface area contributed by atoms with Crippen molar-refractivity contribution in [1.29, 1.82) is 0 Å². The molecule has 0 aliphatic carbocycles. The van der Waals surface area contributed by atoms with E-state index in [0.29, 0.717) is 5.92 Å². The normalized spacial score (nSPS) is 19.3. The van der Waals surface area contributed by atoms with E-state index in [0.717, 1.165) is 5.82 Å². The van der Waals surface area contributed by atoms with Gasteiger partial charge in [0.25, 0.3) is 0 Å². The number of piperidine rings is 1. The van der Waals surface area contributed by atoms with Gasteiger partial charge < -0.3 is 5.32 Å². The minimum atomic E-state index is 0.608. The van der Waals surface area contributed by atoms with E-state index in [1.165, 1.54) is 25.9 Å². The fourth-order valence-corrected chi connectivity index (χ4v) is 1.71. The minimum absolute atomic E-state index is 0.608. The van der Waals surface area contributed by atoms with Crippen molar-refractivity contribution in [3.05, 3.63) is 24.3 Å². The Morgan fingerprint density at radius 1 is 1.17 bits per heavy atom. The van der Waals surface area contributed by atoms with Gasteiger partial charge in [0.15, 0.2) is 0 Å². The van der Waals surface area contributed by atoms with Gasteiger partial charge in [0.05, 0.1) is 13.1 Å². The van der Waals surface area contributed by atoms with Crippen LogP contribution < -0.4 is 5.32 Å². The molecule has 2 heterocycles. The fourth-order valence-electron chi connectivity index (χ4n) is 1.71. The Labute approximate surface area is 72.2 Å². The zero-order chi connectivity index (χ0) is 8.23. The van der Waals surface area contributed by atoms with Crippen LogP contribution in [0.1, 0.15) is 24.6 Å². The Kier molecular flexibility index (Phi) is 2.32. The molecular formula is C9H14N3+. The average Bonchev–Trinajstić information content (AvgIpc) is 2.21. The van der Waals surface area contributed by atoms with E-state index >= 15 is 0 Å². The monoisotopic (exact) mass is 164 g/mol. The molecule has 1 aromatic rings. The molecule has 0 bridgehead atoms. The highest BCUT2D eigenvalue weighted by Gasteiger charge is 2.18. The van der Waals surface area contributed by atoms with Crippen LogP contribution >= 0.6 is 0 Å². The van der Waals surface area contributed by atoms with Crippen molar-refractivity contribution in [2.75, 3.05) is 13.1 Å². The second-order valence-electron chi connectivity index (χ2n) is 3.25. The quantitative estimate of drug-likeness (QED) is 0.630. The maximum absolute atomic E-state index is 4.28. The van der Waals surface area contributed by atoms with Crippen LogP contribution in [0.2, 0.25) is 0 Å². The molecule has 0 unspecified atom stereocenters. The number of aromatic nitrogens is 2. The van der Waals surface area contributed by atoms with E-state index < -0.39 is 0 Å². The predicted molar refractivity (Wildman–Crippen MR) is 45.7 cm³/mol. The number of rotatable bonds is 1. The first-order chi connectivity index (χ1) is 5.97. The van der Waals surface area contributed by atoms with E-state index in [2.05, 4.69) is 15.3 Å². The third-order valence-corrected chi connectivity index (χ3v) is 2.39. The van der Waals surface area contributed by atoms with Gasteiger partial charge >= 0.3 is 0 Å². The highest BCUT2D eigenvalue weighted by atomic mass is 14.9. The van der Waals surface area contributed by atoms with Crippen LogP contribution in [0.25, 0.3) is 0 Å². The zero-order valence-corrected chi connectivity index (χ0v) is 7.11. The van der Waals surface area contributed by atoms with E-state index in [1.54, 1.807) is 0 Å². The van der Waals surface area contributed by atoms with Crippen LogP contribution in [0.3, 0.4) is 0 Å².